The van der Waals surface area contributed by atoms with Crippen LogP contribution < -0.4 is 10.2 Å². The normalized spacial score (nSPS) is 19.1. The van der Waals surface area contributed by atoms with Gasteiger partial charge in [0.05, 0.1) is 35.2 Å². The topological polar surface area (TPSA) is 96.3 Å². The van der Waals surface area contributed by atoms with Crippen LogP contribution in [0.1, 0.15) is 0 Å². The number of nitrogens with zero attached hydrogens (tertiary/aromatic N) is 3. The highest BCUT2D eigenvalue weighted by Gasteiger charge is 2.25. The molecule has 1 fully saturated rings. The number of rotatable bonds is 4. The molecule has 2 N–H and O–H groups in total. The molecule has 1 aromatic carbocycles. The summed E-state index contributed by atoms with van der Waals surface area (Å²) in [5.74, 6) is 0.731. The number of nitro benzene ring substituents is 1. The molecule has 112 valence electrons. The van der Waals surface area contributed by atoms with Crippen LogP contribution in [0.15, 0.2) is 18.2 Å². The van der Waals surface area contributed by atoms with Gasteiger partial charge in [0.1, 0.15) is 0 Å². The fourth-order valence-corrected chi connectivity index (χ4v) is 2.57. The zero-order valence-corrected chi connectivity index (χ0v) is 11.7. The molecule has 1 aliphatic rings. The molecular formula is C13H17N5O3. The van der Waals surface area contributed by atoms with E-state index in [1.807, 2.05) is 7.05 Å². The van der Waals surface area contributed by atoms with Crippen LogP contribution in [-0.4, -0.2) is 54.3 Å². The molecule has 21 heavy (non-hydrogen) atoms. The minimum atomic E-state index is -0.404. The van der Waals surface area contributed by atoms with Gasteiger partial charge in [-0.05, 0) is 13.1 Å². The van der Waals surface area contributed by atoms with E-state index in [9.17, 15) is 10.1 Å². The highest BCUT2D eigenvalue weighted by molar-refractivity contribution is 5.80. The monoisotopic (exact) mass is 291 g/mol. The summed E-state index contributed by atoms with van der Waals surface area (Å²) in [5, 5.41) is 14.0. The summed E-state index contributed by atoms with van der Waals surface area (Å²) in [6.07, 6.45) is 0. The number of aromatic amines is 1. The fraction of sp³-hybridized carbons (Fsp3) is 0.462. The van der Waals surface area contributed by atoms with Crippen molar-refractivity contribution in [2.24, 2.45) is 0 Å². The molecule has 0 spiro atoms. The number of nitro groups is 1. The molecule has 0 amide bonds. The fourth-order valence-electron chi connectivity index (χ4n) is 2.57. The van der Waals surface area contributed by atoms with Crippen molar-refractivity contribution in [1.82, 2.24) is 15.3 Å². The quantitative estimate of drug-likeness (QED) is 0.641. The van der Waals surface area contributed by atoms with Gasteiger partial charge in [0, 0.05) is 25.2 Å². The van der Waals surface area contributed by atoms with Crippen LogP contribution >= 0.6 is 0 Å². The molecule has 0 saturated carbocycles. The van der Waals surface area contributed by atoms with Crippen molar-refractivity contribution in [2.45, 2.75) is 6.04 Å². The maximum absolute atomic E-state index is 10.8. The smallest absolute Gasteiger partial charge is 0.271 e. The number of fused-ring (bicyclic) bond motifs is 1. The first-order valence-corrected chi connectivity index (χ1v) is 6.82. The Kier molecular flexibility index (Phi) is 3.72. The van der Waals surface area contributed by atoms with Gasteiger partial charge in [0.25, 0.3) is 5.69 Å². The summed E-state index contributed by atoms with van der Waals surface area (Å²) in [4.78, 5) is 20.3. The number of benzene rings is 1. The van der Waals surface area contributed by atoms with E-state index in [4.69, 9.17) is 4.74 Å². The van der Waals surface area contributed by atoms with E-state index in [1.54, 1.807) is 6.07 Å². The minimum Gasteiger partial charge on any atom is -0.377 e. The first-order valence-electron chi connectivity index (χ1n) is 6.82. The summed E-state index contributed by atoms with van der Waals surface area (Å²) in [5.41, 5.74) is 1.46. The van der Waals surface area contributed by atoms with Crippen LogP contribution in [0.2, 0.25) is 0 Å². The van der Waals surface area contributed by atoms with Gasteiger partial charge in [-0.3, -0.25) is 10.1 Å². The Morgan fingerprint density at radius 1 is 1.62 bits per heavy atom. The zero-order valence-electron chi connectivity index (χ0n) is 11.7. The Bertz CT molecular complexity index is 654. The first-order chi connectivity index (χ1) is 10.2. The lowest BCUT2D eigenvalue weighted by Crippen LogP contribution is -2.50. The molecular weight excluding hydrogens is 274 g/mol. The number of aromatic nitrogens is 2. The van der Waals surface area contributed by atoms with E-state index in [0.29, 0.717) is 18.7 Å². The molecule has 0 aliphatic carbocycles. The van der Waals surface area contributed by atoms with Crippen LogP contribution in [-0.2, 0) is 4.74 Å². The van der Waals surface area contributed by atoms with Crippen LogP contribution in [0.3, 0.4) is 0 Å². The molecule has 1 aromatic heterocycles. The van der Waals surface area contributed by atoms with E-state index in [-0.39, 0.29) is 11.7 Å². The maximum atomic E-state index is 10.8. The second-order valence-corrected chi connectivity index (χ2v) is 5.00. The van der Waals surface area contributed by atoms with E-state index < -0.39 is 4.92 Å². The van der Waals surface area contributed by atoms with Gasteiger partial charge in [-0.15, -0.1) is 0 Å². The van der Waals surface area contributed by atoms with Crippen molar-refractivity contribution < 1.29 is 9.66 Å². The van der Waals surface area contributed by atoms with Gasteiger partial charge in [-0.1, -0.05) is 0 Å². The van der Waals surface area contributed by atoms with Crippen LogP contribution in [0.4, 0.5) is 11.6 Å². The average molecular weight is 291 g/mol. The number of likely N-dealkylation sites (N-methyl/N-ethyl adjacent to an activating group) is 1. The van der Waals surface area contributed by atoms with Crippen molar-refractivity contribution in [3.05, 3.63) is 28.3 Å². The van der Waals surface area contributed by atoms with Gasteiger partial charge < -0.3 is 19.9 Å². The van der Waals surface area contributed by atoms with Gasteiger partial charge >= 0.3 is 0 Å². The second kappa shape index (κ2) is 5.66. The maximum Gasteiger partial charge on any atom is 0.271 e. The van der Waals surface area contributed by atoms with Crippen LogP contribution in [0.5, 0.6) is 0 Å². The molecule has 3 rings (SSSR count). The molecule has 2 aromatic rings. The average Bonchev–Trinajstić information content (AvgIpc) is 2.90. The third-order valence-electron chi connectivity index (χ3n) is 3.60. The van der Waals surface area contributed by atoms with Gasteiger partial charge in [-0.2, -0.15) is 0 Å². The van der Waals surface area contributed by atoms with Crippen molar-refractivity contribution in [1.29, 1.82) is 0 Å². The number of ether oxygens (including phenoxy) is 1. The highest BCUT2D eigenvalue weighted by Crippen LogP contribution is 2.24. The Morgan fingerprint density at radius 3 is 3.24 bits per heavy atom. The lowest BCUT2D eigenvalue weighted by molar-refractivity contribution is -0.384. The molecule has 1 atom stereocenters. The molecule has 1 unspecified atom stereocenters. The summed E-state index contributed by atoms with van der Waals surface area (Å²) < 4.78 is 5.50. The highest BCUT2D eigenvalue weighted by atomic mass is 16.6. The first kappa shape index (κ1) is 13.8. The van der Waals surface area contributed by atoms with E-state index in [0.717, 1.165) is 24.6 Å². The van der Waals surface area contributed by atoms with Crippen LogP contribution in [0.25, 0.3) is 11.0 Å². The molecule has 1 aliphatic heterocycles. The van der Waals surface area contributed by atoms with Crippen LogP contribution in [0, 0.1) is 10.1 Å². The van der Waals surface area contributed by atoms with E-state index in [2.05, 4.69) is 20.2 Å². The Morgan fingerprint density at radius 2 is 2.48 bits per heavy atom. The molecule has 2 heterocycles. The summed E-state index contributed by atoms with van der Waals surface area (Å²) >= 11 is 0. The van der Waals surface area contributed by atoms with E-state index in [1.165, 1.54) is 12.1 Å². The predicted octanol–water partition coefficient (Wildman–Crippen LogP) is 0.896. The van der Waals surface area contributed by atoms with Crippen molar-refractivity contribution in [3.63, 3.8) is 0 Å². The largest absolute Gasteiger partial charge is 0.377 e. The lowest BCUT2D eigenvalue weighted by Gasteiger charge is -2.35. The summed E-state index contributed by atoms with van der Waals surface area (Å²) in [6.45, 7) is 2.82. The Balaban J connectivity index is 1.93. The minimum absolute atomic E-state index is 0.0615. The number of morpholine rings is 1. The molecule has 8 heteroatoms. The Hall–Kier alpha value is -2.19. The van der Waals surface area contributed by atoms with Crippen molar-refractivity contribution >= 4 is 22.7 Å². The predicted molar refractivity (Wildman–Crippen MR) is 78.6 cm³/mol. The number of hydrogen-bond donors (Lipinski definition) is 2. The van der Waals surface area contributed by atoms with Crippen molar-refractivity contribution in [3.8, 4) is 0 Å². The zero-order chi connectivity index (χ0) is 14.8. The molecule has 0 radical (unpaired) electrons. The number of non-ortho nitro benzene ring substituents is 1. The number of hydrogen-bond acceptors (Lipinski definition) is 6. The SMILES string of the molecule is CNCC1COCCN1c1nc2ccc([N+](=O)[O-])cc2[nH]1. The number of nitrogens with one attached hydrogen (secondary N) is 2. The van der Waals surface area contributed by atoms with Gasteiger partial charge in [-0.25, -0.2) is 4.98 Å². The number of H-pyrrole nitrogens is 1. The molecule has 8 nitrogen and oxygen atoms in total. The standard InChI is InChI=1S/C13H17N5O3/c1-14-7-10-8-21-5-4-17(10)13-15-11-3-2-9(18(19)20)6-12(11)16-13/h2-3,6,10,14H,4-5,7-8H2,1H3,(H,15,16). The third kappa shape index (κ3) is 2.67. The summed E-state index contributed by atoms with van der Waals surface area (Å²) in [6, 6.07) is 4.84. The summed E-state index contributed by atoms with van der Waals surface area (Å²) in [7, 11) is 1.90. The van der Waals surface area contributed by atoms with Gasteiger partial charge in [0.15, 0.2) is 0 Å². The Labute approximate surface area is 121 Å². The van der Waals surface area contributed by atoms with E-state index >= 15 is 0 Å². The van der Waals surface area contributed by atoms with Gasteiger partial charge in [0.2, 0.25) is 5.95 Å². The molecule has 0 bridgehead atoms. The number of imidazole rings is 1. The van der Waals surface area contributed by atoms with Crippen molar-refractivity contribution in [2.75, 3.05) is 38.3 Å². The molecule has 1 saturated heterocycles. The third-order valence-corrected chi connectivity index (χ3v) is 3.60. The lowest BCUT2D eigenvalue weighted by atomic mass is 10.2. The number of anilines is 1. The second-order valence-electron chi connectivity index (χ2n) is 5.00.